The molecule has 0 bridgehead atoms. The molecule has 0 unspecified atom stereocenters. The van der Waals surface area contributed by atoms with Gasteiger partial charge in [0.2, 0.25) is 0 Å². The van der Waals surface area contributed by atoms with Crippen molar-refractivity contribution in [3.05, 3.63) is 20.2 Å². The molecule has 0 amide bonds. The van der Waals surface area contributed by atoms with Crippen LogP contribution in [0.5, 0.6) is 0 Å². The Morgan fingerprint density at radius 2 is 1.32 bits per heavy atom. The molecule has 0 saturated carbocycles. The summed E-state index contributed by atoms with van der Waals surface area (Å²) in [6.45, 7) is 19.2. The van der Waals surface area contributed by atoms with Gasteiger partial charge < -0.3 is 24.8 Å². The van der Waals surface area contributed by atoms with Crippen LogP contribution in [0.3, 0.4) is 0 Å². The average Bonchev–Trinajstić information content (AvgIpc) is 2.40. The molecule has 19 heavy (non-hydrogen) atoms. The fraction of sp³-hybridized carbons (Fsp3) is 0.733. The molecule has 1 aliphatic rings. The molecule has 0 N–H and O–H groups in total. The Hall–Kier alpha value is 0.991. The van der Waals surface area contributed by atoms with Crippen molar-refractivity contribution in [1.29, 1.82) is 0 Å². The number of allylic oxidation sites excluding steroid dienone is 4. The first kappa shape index (κ1) is 22.3. The van der Waals surface area contributed by atoms with E-state index in [-0.39, 0.29) is 24.8 Å². The van der Waals surface area contributed by atoms with Gasteiger partial charge in [0.25, 0.3) is 0 Å². The van der Waals surface area contributed by atoms with Crippen LogP contribution in [-0.4, -0.2) is 8.80 Å². The molecule has 0 aromatic heterocycles. The van der Waals surface area contributed by atoms with Gasteiger partial charge in [0, 0.05) is 0 Å². The minimum absolute atomic E-state index is 0. The molecule has 1 aliphatic carbocycles. The second kappa shape index (κ2) is 7.31. The van der Waals surface area contributed by atoms with Gasteiger partial charge in [-0.3, -0.25) is 0 Å². The van der Waals surface area contributed by atoms with Crippen LogP contribution >= 0.6 is 0 Å². The van der Waals surface area contributed by atoms with Gasteiger partial charge >= 0.3 is 121 Å². The fourth-order valence-electron chi connectivity index (χ4n) is 2.81. The summed E-state index contributed by atoms with van der Waals surface area (Å²) in [5.74, 6) is 0. The topological polar surface area (TPSA) is 0 Å². The maximum Gasteiger partial charge on any atom is -1.00 e. The molecule has 0 aliphatic heterocycles. The Bertz CT molecular complexity index is 382. The number of hydrogen-bond acceptors (Lipinski definition) is 0. The summed E-state index contributed by atoms with van der Waals surface area (Å²) in [5.41, 5.74) is 4.00. The van der Waals surface area contributed by atoms with Crippen molar-refractivity contribution in [3.63, 3.8) is 0 Å². The van der Waals surface area contributed by atoms with Gasteiger partial charge in [-0.05, 0) is 0 Å². The Balaban J connectivity index is 0. The van der Waals surface area contributed by atoms with E-state index in [9.17, 15) is 0 Å². The van der Waals surface area contributed by atoms with Crippen molar-refractivity contribution in [2.24, 2.45) is 10.8 Å². The fourth-order valence-corrected chi connectivity index (χ4v) is 6.61. The van der Waals surface area contributed by atoms with Crippen LogP contribution in [0.4, 0.5) is 0 Å². The summed E-state index contributed by atoms with van der Waals surface area (Å²) >= 11 is 2.35. The molecule has 0 spiro atoms. The molecule has 0 aromatic rings. The minimum Gasteiger partial charge on any atom is -1.00 e. The van der Waals surface area contributed by atoms with Gasteiger partial charge in [-0.2, -0.15) is 0 Å². The Labute approximate surface area is 145 Å². The van der Waals surface area contributed by atoms with E-state index in [4.69, 9.17) is 0 Å². The number of hydrogen-bond donors (Lipinski definition) is 0. The van der Waals surface area contributed by atoms with Gasteiger partial charge in [0.15, 0.2) is 0 Å². The van der Waals surface area contributed by atoms with Gasteiger partial charge in [-0.15, -0.1) is 0 Å². The van der Waals surface area contributed by atoms with Crippen LogP contribution in [0.25, 0.3) is 0 Å². The van der Waals surface area contributed by atoms with Crippen molar-refractivity contribution in [1.82, 2.24) is 0 Å². The van der Waals surface area contributed by atoms with E-state index in [1.807, 2.05) is 0 Å². The molecule has 0 nitrogen and oxygen atoms in total. The van der Waals surface area contributed by atoms with Gasteiger partial charge in [0.1, 0.15) is 0 Å². The van der Waals surface area contributed by atoms with E-state index in [1.54, 1.807) is 20.2 Å². The SMILES string of the molecule is C[SiH](C)C1=[C]([Ti+2])CC(C(C)(C)C)=C1C(C)(C)C.[Cl-].[Cl-]. The summed E-state index contributed by atoms with van der Waals surface area (Å²) in [7, 11) is -0.727. The third-order valence-corrected chi connectivity index (χ3v) is 6.42. The van der Waals surface area contributed by atoms with Gasteiger partial charge in [-0.25, -0.2) is 0 Å². The molecule has 0 atom stereocenters. The maximum atomic E-state index is 2.47. The smallest absolute Gasteiger partial charge is 1.00 e. The van der Waals surface area contributed by atoms with Crippen molar-refractivity contribution in [2.45, 2.75) is 61.1 Å². The van der Waals surface area contributed by atoms with Crippen LogP contribution in [0.15, 0.2) is 20.2 Å². The van der Waals surface area contributed by atoms with Gasteiger partial charge in [-0.1, -0.05) is 0 Å². The van der Waals surface area contributed by atoms with Crippen LogP contribution in [-0.2, 0) is 20.4 Å². The predicted octanol–water partition coefficient (Wildman–Crippen LogP) is -1.39. The zero-order valence-electron chi connectivity index (χ0n) is 13.5. The molecule has 1 rings (SSSR count). The zero-order chi connectivity index (χ0) is 13.6. The summed E-state index contributed by atoms with van der Waals surface area (Å²) in [6, 6.07) is 0. The second-order valence-corrected chi connectivity index (χ2v) is 11.4. The van der Waals surface area contributed by atoms with Crippen molar-refractivity contribution in [3.8, 4) is 0 Å². The number of rotatable bonds is 1. The Morgan fingerprint density at radius 3 is 1.58 bits per heavy atom. The second-order valence-electron chi connectivity index (χ2n) is 7.58. The molecule has 4 heteroatoms. The maximum absolute atomic E-state index is 2.47. The van der Waals surface area contributed by atoms with Crippen molar-refractivity contribution < 1.29 is 45.2 Å². The minimum atomic E-state index is -0.727. The first-order valence-electron chi connectivity index (χ1n) is 6.65. The first-order chi connectivity index (χ1) is 7.46. The average molecular weight is 354 g/mol. The molecule has 0 fully saturated rings. The predicted molar refractivity (Wildman–Crippen MR) is 76.5 cm³/mol. The standard InChI is InChI=1S/C15H27Si.2ClH.Ti/c1-14(2,3)11-9-10-12(16(7)8)13(11)15(4,5)6;;;/h16H,9H2,1-8H3;2*1H;/q;;;+2/p-2. The molecule has 0 heterocycles. The number of halogens is 2. The normalized spacial score (nSPS) is 16.8. The van der Waals surface area contributed by atoms with Crippen LogP contribution in [0.1, 0.15) is 48.0 Å². The van der Waals surface area contributed by atoms with E-state index in [1.165, 1.54) is 6.42 Å². The quantitative estimate of drug-likeness (QED) is 0.509. The zero-order valence-corrected chi connectivity index (χ0v) is 17.8. The van der Waals surface area contributed by atoms with Crippen LogP contribution in [0, 0.1) is 10.8 Å². The van der Waals surface area contributed by atoms with E-state index in [0.717, 1.165) is 0 Å². The summed E-state index contributed by atoms with van der Waals surface area (Å²) in [5, 5.41) is 1.77. The summed E-state index contributed by atoms with van der Waals surface area (Å²) in [6.07, 6.45) is 1.22. The van der Waals surface area contributed by atoms with Crippen LogP contribution in [0.2, 0.25) is 13.1 Å². The third kappa shape index (κ3) is 5.04. The molecule has 0 saturated heterocycles. The van der Waals surface area contributed by atoms with Crippen LogP contribution < -0.4 is 24.8 Å². The van der Waals surface area contributed by atoms with Crippen molar-refractivity contribution >= 4 is 8.80 Å². The largest absolute Gasteiger partial charge is 1.00 e. The monoisotopic (exact) mass is 353 g/mol. The van der Waals surface area contributed by atoms with E-state index >= 15 is 0 Å². The Kier molecular flexibility index (Phi) is 8.57. The van der Waals surface area contributed by atoms with E-state index in [0.29, 0.717) is 10.8 Å². The molecular formula is C15H27Cl2SiTi. The van der Waals surface area contributed by atoms with E-state index < -0.39 is 8.80 Å². The van der Waals surface area contributed by atoms with Crippen molar-refractivity contribution in [2.75, 3.05) is 0 Å². The summed E-state index contributed by atoms with van der Waals surface area (Å²) in [4.78, 5) is 0. The van der Waals surface area contributed by atoms with E-state index in [2.05, 4.69) is 75.1 Å². The molecule has 109 valence electrons. The molecular weight excluding hydrogens is 327 g/mol. The molecule has 0 aromatic carbocycles. The first-order valence-corrected chi connectivity index (χ1v) is 10.3. The third-order valence-electron chi connectivity index (χ3n) is 3.48. The molecule has 0 radical (unpaired) electrons. The summed E-state index contributed by atoms with van der Waals surface area (Å²) < 4.78 is 1.65. The van der Waals surface area contributed by atoms with Gasteiger partial charge in [0.05, 0.1) is 0 Å². The Morgan fingerprint density at radius 1 is 0.895 bits per heavy atom.